The molecule has 102 valence electrons. The van der Waals surface area contributed by atoms with Gasteiger partial charge >= 0.3 is 0 Å². The van der Waals surface area contributed by atoms with Crippen molar-refractivity contribution in [2.45, 2.75) is 46.3 Å². The van der Waals surface area contributed by atoms with Crippen LogP contribution in [-0.4, -0.2) is 19.4 Å². The van der Waals surface area contributed by atoms with Crippen LogP contribution in [0.4, 0.5) is 0 Å². The van der Waals surface area contributed by atoms with Crippen LogP contribution in [0.2, 0.25) is 0 Å². The molecular formula is C12H21N3O2S. The first kappa shape index (κ1) is 16.6. The Morgan fingerprint density at radius 2 is 1.72 bits per heavy atom. The van der Waals surface area contributed by atoms with Gasteiger partial charge in [0.15, 0.2) is 14.7 Å². The maximum Gasteiger partial charge on any atom is 0.194 e. The first-order valence-electron chi connectivity index (χ1n) is 5.56. The standard InChI is InChI=1S/C12H21N3O2S/c1-11(2,3)9-15-14-8-10(7-13)18(16,17)12(4,5)6/h8-9,14H,1-6H3. The first-order chi connectivity index (χ1) is 7.92. The van der Waals surface area contributed by atoms with E-state index in [0.29, 0.717) is 0 Å². The van der Waals surface area contributed by atoms with Gasteiger partial charge in [-0.25, -0.2) is 8.42 Å². The maximum atomic E-state index is 12.0. The molecule has 0 bridgehead atoms. The molecule has 0 aliphatic heterocycles. The van der Waals surface area contributed by atoms with E-state index in [0.717, 1.165) is 6.20 Å². The van der Waals surface area contributed by atoms with Crippen LogP contribution in [0, 0.1) is 16.7 Å². The fraction of sp³-hybridized carbons (Fsp3) is 0.667. The van der Waals surface area contributed by atoms with Gasteiger partial charge in [0.1, 0.15) is 6.07 Å². The molecule has 0 spiro atoms. The van der Waals surface area contributed by atoms with E-state index in [9.17, 15) is 8.42 Å². The van der Waals surface area contributed by atoms with Crippen LogP contribution < -0.4 is 5.43 Å². The Balaban J connectivity index is 5.06. The third-order valence-corrected chi connectivity index (χ3v) is 4.33. The summed E-state index contributed by atoms with van der Waals surface area (Å²) >= 11 is 0. The van der Waals surface area contributed by atoms with Gasteiger partial charge in [-0.15, -0.1) is 0 Å². The second-order valence-electron chi connectivity index (χ2n) is 5.99. The number of nitrogens with one attached hydrogen (secondary N) is 1. The van der Waals surface area contributed by atoms with Gasteiger partial charge in [-0.3, -0.25) is 5.43 Å². The lowest BCUT2D eigenvalue weighted by molar-refractivity contribution is 0.568. The smallest absolute Gasteiger partial charge is 0.194 e. The van der Waals surface area contributed by atoms with Crippen molar-refractivity contribution in [1.82, 2.24) is 5.43 Å². The lowest BCUT2D eigenvalue weighted by atomic mass is 9.99. The zero-order valence-corrected chi connectivity index (χ0v) is 12.6. The van der Waals surface area contributed by atoms with Crippen molar-refractivity contribution >= 4 is 16.1 Å². The molecule has 0 atom stereocenters. The fourth-order valence-electron chi connectivity index (χ4n) is 0.827. The van der Waals surface area contributed by atoms with Gasteiger partial charge in [-0.2, -0.15) is 10.4 Å². The second kappa shape index (κ2) is 5.53. The quantitative estimate of drug-likeness (QED) is 0.484. The molecular weight excluding hydrogens is 250 g/mol. The summed E-state index contributed by atoms with van der Waals surface area (Å²) in [7, 11) is -3.64. The number of allylic oxidation sites excluding steroid dienone is 1. The summed E-state index contributed by atoms with van der Waals surface area (Å²) in [5.74, 6) is 0. The van der Waals surface area contributed by atoms with E-state index in [1.807, 2.05) is 20.8 Å². The highest BCUT2D eigenvalue weighted by atomic mass is 32.2. The Bertz CT molecular complexity index is 483. The zero-order chi connectivity index (χ0) is 14.6. The van der Waals surface area contributed by atoms with Crippen molar-refractivity contribution in [1.29, 1.82) is 5.26 Å². The minimum Gasteiger partial charge on any atom is -0.284 e. The number of nitriles is 1. The van der Waals surface area contributed by atoms with Crippen LogP contribution >= 0.6 is 0 Å². The number of hydrogen-bond donors (Lipinski definition) is 1. The Hall–Kier alpha value is -1.35. The molecule has 0 fully saturated rings. The molecule has 0 radical (unpaired) electrons. The van der Waals surface area contributed by atoms with E-state index in [2.05, 4.69) is 10.5 Å². The Morgan fingerprint density at radius 1 is 1.22 bits per heavy atom. The van der Waals surface area contributed by atoms with E-state index in [-0.39, 0.29) is 10.3 Å². The summed E-state index contributed by atoms with van der Waals surface area (Å²) in [5.41, 5.74) is 2.36. The van der Waals surface area contributed by atoms with Gasteiger partial charge in [0, 0.05) is 12.4 Å². The first-order valence-corrected chi connectivity index (χ1v) is 7.05. The molecule has 0 heterocycles. The number of nitrogens with zero attached hydrogens (tertiary/aromatic N) is 2. The lowest BCUT2D eigenvalue weighted by Gasteiger charge is -2.17. The van der Waals surface area contributed by atoms with E-state index in [1.165, 1.54) is 0 Å². The predicted octanol–water partition coefficient (Wildman–Crippen LogP) is 2.19. The Kier molecular flexibility index (Phi) is 5.11. The van der Waals surface area contributed by atoms with Crippen LogP contribution in [0.3, 0.4) is 0 Å². The van der Waals surface area contributed by atoms with Gasteiger partial charge in [-0.1, -0.05) is 20.8 Å². The largest absolute Gasteiger partial charge is 0.284 e. The fourth-order valence-corrected chi connectivity index (χ4v) is 1.81. The summed E-state index contributed by atoms with van der Waals surface area (Å²) in [6, 6.07) is 1.68. The molecule has 0 amide bonds. The molecule has 0 aromatic rings. The van der Waals surface area contributed by atoms with Crippen molar-refractivity contribution in [3.05, 3.63) is 11.1 Å². The Labute approximate surface area is 109 Å². The maximum absolute atomic E-state index is 12.0. The van der Waals surface area contributed by atoms with Crippen LogP contribution in [-0.2, 0) is 9.84 Å². The monoisotopic (exact) mass is 271 g/mol. The van der Waals surface area contributed by atoms with Crippen LogP contribution in [0.25, 0.3) is 0 Å². The predicted molar refractivity (Wildman–Crippen MR) is 73.5 cm³/mol. The molecule has 0 saturated heterocycles. The summed E-state index contributed by atoms with van der Waals surface area (Å²) in [6.07, 6.45) is 2.75. The van der Waals surface area contributed by atoms with Crippen LogP contribution in [0.5, 0.6) is 0 Å². The molecule has 0 aromatic heterocycles. The molecule has 0 rings (SSSR count). The van der Waals surface area contributed by atoms with E-state index in [4.69, 9.17) is 5.26 Å². The molecule has 0 aromatic carbocycles. The average molecular weight is 271 g/mol. The van der Waals surface area contributed by atoms with Crippen LogP contribution in [0.15, 0.2) is 16.2 Å². The lowest BCUT2D eigenvalue weighted by Crippen LogP contribution is -2.29. The van der Waals surface area contributed by atoms with Gasteiger partial charge < -0.3 is 0 Å². The third kappa shape index (κ3) is 4.88. The van der Waals surface area contributed by atoms with Crippen molar-refractivity contribution in [2.75, 3.05) is 0 Å². The van der Waals surface area contributed by atoms with E-state index < -0.39 is 14.6 Å². The number of rotatable bonds is 3. The van der Waals surface area contributed by atoms with Crippen molar-refractivity contribution in [2.24, 2.45) is 10.5 Å². The van der Waals surface area contributed by atoms with E-state index >= 15 is 0 Å². The van der Waals surface area contributed by atoms with E-state index in [1.54, 1.807) is 33.1 Å². The topological polar surface area (TPSA) is 82.3 Å². The molecule has 0 aliphatic rings. The third-order valence-electron chi connectivity index (χ3n) is 1.93. The second-order valence-corrected chi connectivity index (χ2v) is 8.66. The highest BCUT2D eigenvalue weighted by molar-refractivity contribution is 7.96. The summed E-state index contributed by atoms with van der Waals surface area (Å²) in [6.45, 7) is 10.5. The molecule has 0 saturated carbocycles. The highest BCUT2D eigenvalue weighted by Gasteiger charge is 2.33. The Morgan fingerprint density at radius 3 is 2.06 bits per heavy atom. The SMILES string of the molecule is CC(C)(C)C=NNC=C(C#N)S(=O)(=O)C(C)(C)C. The van der Waals surface area contributed by atoms with Crippen LogP contribution in [0.1, 0.15) is 41.5 Å². The molecule has 6 heteroatoms. The zero-order valence-electron chi connectivity index (χ0n) is 11.8. The summed E-state index contributed by atoms with van der Waals surface area (Å²) in [4.78, 5) is -0.318. The van der Waals surface area contributed by atoms with Gasteiger partial charge in [0.05, 0.1) is 4.75 Å². The van der Waals surface area contributed by atoms with Gasteiger partial charge in [0.2, 0.25) is 0 Å². The molecule has 5 nitrogen and oxygen atoms in total. The number of sulfone groups is 1. The average Bonchev–Trinajstić information content (AvgIpc) is 2.13. The number of hydrazone groups is 1. The summed E-state index contributed by atoms with van der Waals surface area (Å²) < 4.78 is 23.0. The molecule has 1 N–H and O–H groups in total. The molecule has 0 aliphatic carbocycles. The minimum atomic E-state index is -3.64. The van der Waals surface area contributed by atoms with Crippen molar-refractivity contribution in [3.63, 3.8) is 0 Å². The normalized spacial score (nSPS) is 14.6. The number of hydrogen-bond acceptors (Lipinski definition) is 5. The van der Waals surface area contributed by atoms with Gasteiger partial charge in [0.25, 0.3) is 0 Å². The molecule has 0 unspecified atom stereocenters. The van der Waals surface area contributed by atoms with Crippen molar-refractivity contribution < 1.29 is 8.42 Å². The highest BCUT2D eigenvalue weighted by Crippen LogP contribution is 2.22. The molecule has 18 heavy (non-hydrogen) atoms. The minimum absolute atomic E-state index is 0.115. The van der Waals surface area contributed by atoms with Gasteiger partial charge in [-0.05, 0) is 26.2 Å². The van der Waals surface area contributed by atoms with Crippen molar-refractivity contribution in [3.8, 4) is 6.07 Å². The summed E-state index contributed by atoms with van der Waals surface area (Å²) in [5, 5.41) is 12.8.